The monoisotopic (exact) mass is 262 g/mol. The van der Waals surface area contributed by atoms with Crippen LogP contribution >= 0.6 is 0 Å². The Labute approximate surface area is 116 Å². The summed E-state index contributed by atoms with van der Waals surface area (Å²) in [5.41, 5.74) is 8.14. The number of hydrogen-bond donors (Lipinski definition) is 1. The molecule has 19 heavy (non-hydrogen) atoms. The fourth-order valence-electron chi connectivity index (χ4n) is 3.05. The molecule has 1 fully saturated rings. The van der Waals surface area contributed by atoms with Gasteiger partial charge >= 0.3 is 0 Å². The molecule has 1 aromatic carbocycles. The van der Waals surface area contributed by atoms with Crippen molar-refractivity contribution in [2.24, 2.45) is 5.92 Å². The highest BCUT2D eigenvalue weighted by Gasteiger charge is 2.18. The Bertz CT molecular complexity index is 406. The van der Waals surface area contributed by atoms with Crippen LogP contribution in [-0.2, 0) is 0 Å². The van der Waals surface area contributed by atoms with Crippen molar-refractivity contribution in [2.75, 3.05) is 30.8 Å². The first-order valence-electron chi connectivity index (χ1n) is 7.43. The summed E-state index contributed by atoms with van der Waals surface area (Å²) in [5.74, 6) is 1.73. The van der Waals surface area contributed by atoms with Crippen molar-refractivity contribution in [1.29, 1.82) is 0 Å². The summed E-state index contributed by atoms with van der Waals surface area (Å²) >= 11 is 0. The lowest BCUT2D eigenvalue weighted by Gasteiger charge is -2.24. The Kier molecular flexibility index (Phi) is 4.94. The number of ether oxygens (including phenoxy) is 1. The Morgan fingerprint density at radius 3 is 2.84 bits per heavy atom. The number of nitrogens with two attached hydrogens (primary N) is 1. The Balaban J connectivity index is 2.05. The highest BCUT2D eigenvalue weighted by atomic mass is 16.5. The molecule has 0 radical (unpaired) electrons. The lowest BCUT2D eigenvalue weighted by molar-refractivity contribution is 0.415. The average Bonchev–Trinajstić information content (AvgIpc) is 2.65. The van der Waals surface area contributed by atoms with Crippen LogP contribution in [0.15, 0.2) is 18.2 Å². The SMILES string of the molecule is CCCC1CCCN(c2ccc(OC)cc2N)CC1. The van der Waals surface area contributed by atoms with E-state index in [1.807, 2.05) is 12.1 Å². The molecule has 3 heteroatoms. The van der Waals surface area contributed by atoms with Gasteiger partial charge in [0.05, 0.1) is 18.5 Å². The first-order chi connectivity index (χ1) is 9.24. The van der Waals surface area contributed by atoms with Crippen LogP contribution in [0.2, 0.25) is 0 Å². The smallest absolute Gasteiger partial charge is 0.121 e. The molecule has 1 aromatic rings. The van der Waals surface area contributed by atoms with E-state index < -0.39 is 0 Å². The molecular formula is C16H26N2O. The number of nitrogen functional groups attached to an aromatic ring is 1. The van der Waals surface area contributed by atoms with Gasteiger partial charge in [0.15, 0.2) is 0 Å². The lowest BCUT2D eigenvalue weighted by atomic mass is 9.96. The number of rotatable bonds is 4. The maximum atomic E-state index is 6.15. The van der Waals surface area contributed by atoms with E-state index in [1.54, 1.807) is 7.11 Å². The minimum absolute atomic E-state index is 0.827. The lowest BCUT2D eigenvalue weighted by Crippen LogP contribution is -2.25. The second-order valence-electron chi connectivity index (χ2n) is 5.50. The van der Waals surface area contributed by atoms with Crippen molar-refractivity contribution in [3.8, 4) is 5.75 Å². The van der Waals surface area contributed by atoms with Gasteiger partial charge in [0, 0.05) is 19.2 Å². The zero-order chi connectivity index (χ0) is 13.7. The van der Waals surface area contributed by atoms with Gasteiger partial charge in [0.1, 0.15) is 5.75 Å². The summed E-state index contributed by atoms with van der Waals surface area (Å²) in [6, 6.07) is 6.01. The molecule has 106 valence electrons. The van der Waals surface area contributed by atoms with Gasteiger partial charge in [-0.05, 0) is 37.3 Å². The third kappa shape index (κ3) is 3.55. The molecule has 0 aliphatic carbocycles. The Morgan fingerprint density at radius 1 is 1.32 bits per heavy atom. The van der Waals surface area contributed by atoms with E-state index in [0.717, 1.165) is 36.1 Å². The third-order valence-corrected chi connectivity index (χ3v) is 4.12. The molecule has 3 nitrogen and oxygen atoms in total. The van der Waals surface area contributed by atoms with E-state index in [0.29, 0.717) is 0 Å². The summed E-state index contributed by atoms with van der Waals surface area (Å²) in [5, 5.41) is 0. The van der Waals surface area contributed by atoms with Crippen LogP contribution in [0.5, 0.6) is 5.75 Å². The van der Waals surface area contributed by atoms with Crippen LogP contribution < -0.4 is 15.4 Å². The standard InChI is InChI=1S/C16H26N2O/c1-3-5-13-6-4-10-18(11-9-13)16-8-7-14(19-2)12-15(16)17/h7-8,12-13H,3-6,9-11,17H2,1-2H3. The molecule has 2 rings (SSSR count). The number of methoxy groups -OCH3 is 1. The van der Waals surface area contributed by atoms with Crippen molar-refractivity contribution >= 4 is 11.4 Å². The van der Waals surface area contributed by atoms with E-state index in [-0.39, 0.29) is 0 Å². The molecule has 1 saturated heterocycles. The van der Waals surface area contributed by atoms with Gasteiger partial charge in [-0.1, -0.05) is 19.8 Å². The van der Waals surface area contributed by atoms with Gasteiger partial charge in [-0.3, -0.25) is 0 Å². The Hall–Kier alpha value is -1.38. The summed E-state index contributed by atoms with van der Waals surface area (Å²) in [4.78, 5) is 2.43. The van der Waals surface area contributed by atoms with Crippen LogP contribution in [0.4, 0.5) is 11.4 Å². The van der Waals surface area contributed by atoms with E-state index in [2.05, 4.69) is 17.9 Å². The van der Waals surface area contributed by atoms with Gasteiger partial charge < -0.3 is 15.4 Å². The van der Waals surface area contributed by atoms with Gasteiger partial charge in [0.25, 0.3) is 0 Å². The first kappa shape index (κ1) is 14.0. The largest absolute Gasteiger partial charge is 0.497 e. The number of hydrogen-bond acceptors (Lipinski definition) is 3. The minimum atomic E-state index is 0.827. The maximum Gasteiger partial charge on any atom is 0.121 e. The zero-order valence-corrected chi connectivity index (χ0v) is 12.2. The molecule has 1 aliphatic heterocycles. The summed E-state index contributed by atoms with van der Waals surface area (Å²) in [6.07, 6.45) is 6.59. The van der Waals surface area contributed by atoms with Crippen molar-refractivity contribution in [3.63, 3.8) is 0 Å². The first-order valence-corrected chi connectivity index (χ1v) is 7.43. The molecule has 0 bridgehead atoms. The Morgan fingerprint density at radius 2 is 2.16 bits per heavy atom. The molecule has 0 spiro atoms. The van der Waals surface area contributed by atoms with Crippen LogP contribution in [0.1, 0.15) is 39.0 Å². The molecule has 0 saturated carbocycles. The van der Waals surface area contributed by atoms with Crippen LogP contribution in [0, 0.1) is 5.92 Å². The molecule has 0 aromatic heterocycles. The summed E-state index contributed by atoms with van der Waals surface area (Å²) in [6.45, 7) is 4.53. The fourth-order valence-corrected chi connectivity index (χ4v) is 3.05. The van der Waals surface area contributed by atoms with Gasteiger partial charge in [-0.2, -0.15) is 0 Å². The van der Waals surface area contributed by atoms with E-state index >= 15 is 0 Å². The van der Waals surface area contributed by atoms with Gasteiger partial charge in [-0.25, -0.2) is 0 Å². The molecule has 1 atom stereocenters. The topological polar surface area (TPSA) is 38.5 Å². The van der Waals surface area contributed by atoms with Crippen LogP contribution in [-0.4, -0.2) is 20.2 Å². The van der Waals surface area contributed by atoms with Crippen molar-refractivity contribution < 1.29 is 4.74 Å². The molecular weight excluding hydrogens is 236 g/mol. The average molecular weight is 262 g/mol. The number of benzene rings is 1. The molecule has 2 N–H and O–H groups in total. The van der Waals surface area contributed by atoms with Crippen molar-refractivity contribution in [3.05, 3.63) is 18.2 Å². The van der Waals surface area contributed by atoms with E-state index in [4.69, 9.17) is 10.5 Å². The van der Waals surface area contributed by atoms with Crippen molar-refractivity contribution in [2.45, 2.75) is 39.0 Å². The highest BCUT2D eigenvalue weighted by molar-refractivity contribution is 5.69. The van der Waals surface area contributed by atoms with Gasteiger partial charge in [-0.15, -0.1) is 0 Å². The van der Waals surface area contributed by atoms with Crippen LogP contribution in [0.25, 0.3) is 0 Å². The molecule has 1 unspecified atom stereocenters. The van der Waals surface area contributed by atoms with E-state index in [9.17, 15) is 0 Å². The summed E-state index contributed by atoms with van der Waals surface area (Å²) < 4.78 is 5.21. The minimum Gasteiger partial charge on any atom is -0.497 e. The van der Waals surface area contributed by atoms with E-state index in [1.165, 1.54) is 32.1 Å². The zero-order valence-electron chi connectivity index (χ0n) is 12.2. The number of nitrogens with zero attached hydrogens (tertiary/aromatic N) is 1. The van der Waals surface area contributed by atoms with Gasteiger partial charge in [0.2, 0.25) is 0 Å². The molecule has 1 aliphatic rings. The highest BCUT2D eigenvalue weighted by Crippen LogP contribution is 2.31. The summed E-state index contributed by atoms with van der Waals surface area (Å²) in [7, 11) is 1.68. The quantitative estimate of drug-likeness (QED) is 0.841. The maximum absolute atomic E-state index is 6.15. The van der Waals surface area contributed by atoms with Crippen molar-refractivity contribution in [1.82, 2.24) is 0 Å². The molecule has 1 heterocycles. The third-order valence-electron chi connectivity index (χ3n) is 4.12. The normalized spacial score (nSPS) is 20.1. The molecule has 0 amide bonds. The van der Waals surface area contributed by atoms with Crippen LogP contribution in [0.3, 0.4) is 0 Å². The predicted octanol–water partition coefficient (Wildman–Crippen LogP) is 3.68. The predicted molar refractivity (Wildman–Crippen MR) is 81.9 cm³/mol. The second kappa shape index (κ2) is 6.69. The fraction of sp³-hybridized carbons (Fsp3) is 0.625. The number of anilines is 2. The second-order valence-corrected chi connectivity index (χ2v) is 5.50.